The van der Waals surface area contributed by atoms with E-state index in [1.807, 2.05) is 11.0 Å². The molecule has 2 aliphatic rings. The number of rotatable bonds is 5. The van der Waals surface area contributed by atoms with E-state index in [4.69, 9.17) is 4.74 Å². The van der Waals surface area contributed by atoms with Crippen LogP contribution in [0.1, 0.15) is 6.42 Å². The number of carbonyl (C=O) groups excluding carboxylic acids is 1. The molecule has 0 radical (unpaired) electrons. The van der Waals surface area contributed by atoms with Crippen molar-refractivity contribution in [2.75, 3.05) is 42.9 Å². The summed E-state index contributed by atoms with van der Waals surface area (Å²) in [7, 11) is 0. The number of amides is 1. The molecule has 0 bridgehead atoms. The number of nitro benzene ring substituents is 1. The summed E-state index contributed by atoms with van der Waals surface area (Å²) in [5.74, 6) is -0.162. The molecule has 0 spiro atoms. The summed E-state index contributed by atoms with van der Waals surface area (Å²) in [6.07, 6.45) is -0.234. The van der Waals surface area contributed by atoms with Gasteiger partial charge in [-0.1, -0.05) is 12.1 Å². The number of piperazine rings is 1. The van der Waals surface area contributed by atoms with E-state index in [1.54, 1.807) is 12.1 Å². The largest absolute Gasteiger partial charge is 0.478 e. The quantitative estimate of drug-likeness (QED) is 0.613. The first-order chi connectivity index (χ1) is 14.0. The van der Waals surface area contributed by atoms with Crippen molar-refractivity contribution in [2.45, 2.75) is 12.5 Å². The number of nitrogens with zero attached hydrogens (tertiary/aromatic N) is 3. The molecule has 152 valence electrons. The van der Waals surface area contributed by atoms with Crippen LogP contribution in [0, 0.1) is 15.9 Å². The second-order valence-corrected chi connectivity index (χ2v) is 7.10. The smallest absolute Gasteiger partial charge is 0.273 e. The Balaban J connectivity index is 1.32. The minimum Gasteiger partial charge on any atom is -0.478 e. The zero-order chi connectivity index (χ0) is 20.4. The molecule has 29 heavy (non-hydrogen) atoms. The van der Waals surface area contributed by atoms with Gasteiger partial charge in [0, 0.05) is 45.2 Å². The molecule has 1 atom stereocenters. The van der Waals surface area contributed by atoms with Gasteiger partial charge in [-0.05, 0) is 18.2 Å². The molecule has 2 heterocycles. The van der Waals surface area contributed by atoms with Crippen molar-refractivity contribution in [3.05, 3.63) is 58.4 Å². The normalized spacial score (nSPS) is 19.3. The van der Waals surface area contributed by atoms with Crippen LogP contribution < -0.4 is 15.0 Å². The molecule has 0 saturated carbocycles. The van der Waals surface area contributed by atoms with E-state index < -0.39 is 11.0 Å². The first-order valence-electron chi connectivity index (χ1n) is 9.49. The van der Waals surface area contributed by atoms with Crippen LogP contribution in [0.5, 0.6) is 5.75 Å². The molecule has 1 saturated heterocycles. The van der Waals surface area contributed by atoms with Crippen molar-refractivity contribution in [1.29, 1.82) is 0 Å². The van der Waals surface area contributed by atoms with Crippen LogP contribution in [0.2, 0.25) is 0 Å². The molecule has 9 heteroatoms. The molecule has 1 fully saturated rings. The molecule has 2 aromatic rings. The molecule has 0 aromatic heterocycles. The zero-order valence-corrected chi connectivity index (χ0v) is 15.7. The maximum Gasteiger partial charge on any atom is 0.273 e. The van der Waals surface area contributed by atoms with E-state index in [9.17, 15) is 19.3 Å². The van der Waals surface area contributed by atoms with E-state index in [0.717, 1.165) is 13.1 Å². The van der Waals surface area contributed by atoms with E-state index in [1.165, 1.54) is 24.3 Å². The van der Waals surface area contributed by atoms with Crippen molar-refractivity contribution in [2.24, 2.45) is 0 Å². The molecule has 1 N–H and O–H groups in total. The van der Waals surface area contributed by atoms with E-state index in [0.29, 0.717) is 43.2 Å². The van der Waals surface area contributed by atoms with Crippen molar-refractivity contribution in [1.82, 2.24) is 4.90 Å². The van der Waals surface area contributed by atoms with Gasteiger partial charge < -0.3 is 15.0 Å². The predicted octanol–water partition coefficient (Wildman–Crippen LogP) is 2.65. The topological polar surface area (TPSA) is 87.9 Å². The highest BCUT2D eigenvalue weighted by Gasteiger charge is 2.30. The van der Waals surface area contributed by atoms with Crippen LogP contribution in [0.4, 0.5) is 21.5 Å². The van der Waals surface area contributed by atoms with Gasteiger partial charge in [0.1, 0.15) is 5.82 Å². The number of ether oxygens (including phenoxy) is 1. The Labute approximate surface area is 167 Å². The molecular formula is C20H21FN4O4. The lowest BCUT2D eigenvalue weighted by Gasteiger charge is -2.37. The number of nitro groups is 1. The number of benzene rings is 2. The number of halogens is 1. The van der Waals surface area contributed by atoms with Gasteiger partial charge in [-0.25, -0.2) is 4.39 Å². The fourth-order valence-electron chi connectivity index (χ4n) is 3.66. The van der Waals surface area contributed by atoms with Crippen molar-refractivity contribution in [3.63, 3.8) is 0 Å². The van der Waals surface area contributed by atoms with Gasteiger partial charge in [-0.3, -0.25) is 19.8 Å². The lowest BCUT2D eigenvalue weighted by Crippen LogP contribution is -2.48. The van der Waals surface area contributed by atoms with Gasteiger partial charge in [0.2, 0.25) is 0 Å². The van der Waals surface area contributed by atoms with E-state index in [2.05, 4.69) is 10.2 Å². The molecular weight excluding hydrogens is 379 g/mol. The fourth-order valence-corrected chi connectivity index (χ4v) is 3.66. The Morgan fingerprint density at radius 2 is 1.93 bits per heavy atom. The standard InChI is InChI=1S/C20H21FN4O4/c21-15-3-1-2-4-17(15)24-11-9-23(10-12-24)8-7-18-20(26)22-16-6-5-14(25(27)28)13-19(16)29-18/h1-6,13,18H,7-12H2,(H,22,26)/t18-/m1/s1. The van der Waals surface area contributed by atoms with Gasteiger partial charge in [0.15, 0.2) is 11.9 Å². The Morgan fingerprint density at radius 3 is 2.66 bits per heavy atom. The minimum atomic E-state index is -0.700. The lowest BCUT2D eigenvalue weighted by molar-refractivity contribution is -0.384. The highest BCUT2D eigenvalue weighted by molar-refractivity contribution is 5.97. The van der Waals surface area contributed by atoms with Crippen molar-refractivity contribution in [3.8, 4) is 5.75 Å². The van der Waals surface area contributed by atoms with Crippen molar-refractivity contribution >= 4 is 23.0 Å². The fraction of sp³-hybridized carbons (Fsp3) is 0.350. The van der Waals surface area contributed by atoms with Crippen LogP contribution >= 0.6 is 0 Å². The first-order valence-corrected chi connectivity index (χ1v) is 9.49. The molecule has 4 rings (SSSR count). The van der Waals surface area contributed by atoms with Crippen LogP contribution in [0.3, 0.4) is 0 Å². The second-order valence-electron chi connectivity index (χ2n) is 7.10. The maximum atomic E-state index is 13.9. The molecule has 2 aromatic carbocycles. The monoisotopic (exact) mass is 400 g/mol. The highest BCUT2D eigenvalue weighted by Crippen LogP contribution is 2.33. The number of nitrogens with one attached hydrogen (secondary N) is 1. The minimum absolute atomic E-state index is 0.0806. The summed E-state index contributed by atoms with van der Waals surface area (Å²) in [5, 5.41) is 13.7. The summed E-state index contributed by atoms with van der Waals surface area (Å²) in [6.45, 7) is 3.56. The second kappa shape index (κ2) is 8.04. The third kappa shape index (κ3) is 4.14. The molecule has 0 aliphatic carbocycles. The summed E-state index contributed by atoms with van der Waals surface area (Å²) in [6, 6.07) is 10.9. The van der Waals surface area contributed by atoms with Gasteiger partial charge in [-0.2, -0.15) is 0 Å². The molecule has 1 amide bonds. The zero-order valence-electron chi connectivity index (χ0n) is 15.7. The Morgan fingerprint density at radius 1 is 1.17 bits per heavy atom. The first kappa shape index (κ1) is 19.1. The van der Waals surface area contributed by atoms with Gasteiger partial charge >= 0.3 is 0 Å². The molecule has 0 unspecified atom stereocenters. The van der Waals surface area contributed by atoms with Crippen LogP contribution in [0.25, 0.3) is 0 Å². The third-order valence-corrected chi connectivity index (χ3v) is 5.27. The SMILES string of the molecule is O=C1Nc2ccc([N+](=O)[O-])cc2O[C@@H]1CCN1CCN(c2ccccc2F)CC1. The van der Waals surface area contributed by atoms with Crippen LogP contribution in [0.15, 0.2) is 42.5 Å². The Bertz CT molecular complexity index is 930. The Hall–Kier alpha value is -3.20. The van der Waals surface area contributed by atoms with E-state index >= 15 is 0 Å². The summed E-state index contributed by atoms with van der Waals surface area (Å²) in [5.41, 5.74) is 0.971. The number of fused-ring (bicyclic) bond motifs is 1. The summed E-state index contributed by atoms with van der Waals surface area (Å²) >= 11 is 0. The number of hydrogen-bond acceptors (Lipinski definition) is 6. The number of hydrogen-bond donors (Lipinski definition) is 1. The number of para-hydroxylation sites is 1. The van der Waals surface area contributed by atoms with Crippen LogP contribution in [-0.4, -0.2) is 54.6 Å². The summed E-state index contributed by atoms with van der Waals surface area (Å²) in [4.78, 5) is 27.0. The third-order valence-electron chi connectivity index (χ3n) is 5.27. The van der Waals surface area contributed by atoms with Gasteiger partial charge in [-0.15, -0.1) is 0 Å². The van der Waals surface area contributed by atoms with Crippen molar-refractivity contribution < 1.29 is 18.8 Å². The maximum absolute atomic E-state index is 13.9. The van der Waals surface area contributed by atoms with Crippen LogP contribution in [-0.2, 0) is 4.79 Å². The Kier molecular flexibility index (Phi) is 5.30. The molecule has 2 aliphatic heterocycles. The highest BCUT2D eigenvalue weighted by atomic mass is 19.1. The van der Waals surface area contributed by atoms with Gasteiger partial charge in [0.25, 0.3) is 11.6 Å². The number of non-ortho nitro benzene ring substituents is 1. The number of carbonyl (C=O) groups is 1. The lowest BCUT2D eigenvalue weighted by atomic mass is 10.1. The average molecular weight is 400 g/mol. The summed E-state index contributed by atoms with van der Waals surface area (Å²) < 4.78 is 19.7. The number of anilines is 2. The van der Waals surface area contributed by atoms with Gasteiger partial charge in [0.05, 0.1) is 22.4 Å². The predicted molar refractivity (Wildman–Crippen MR) is 106 cm³/mol. The average Bonchev–Trinajstić information content (AvgIpc) is 2.72. The molecule has 8 nitrogen and oxygen atoms in total. The van der Waals surface area contributed by atoms with E-state index in [-0.39, 0.29) is 17.4 Å².